The van der Waals surface area contributed by atoms with Crippen molar-refractivity contribution in [3.8, 4) is 0 Å². The van der Waals surface area contributed by atoms with Crippen molar-refractivity contribution in [1.29, 1.82) is 0 Å². The van der Waals surface area contributed by atoms with Gasteiger partial charge in [0.2, 0.25) is 5.91 Å². The molecule has 3 heterocycles. The summed E-state index contributed by atoms with van der Waals surface area (Å²) in [4.78, 5) is 18.5. The van der Waals surface area contributed by atoms with Crippen LogP contribution in [0.3, 0.4) is 0 Å². The van der Waals surface area contributed by atoms with E-state index in [9.17, 15) is 13.2 Å². The van der Waals surface area contributed by atoms with Crippen LogP contribution in [0.2, 0.25) is 0 Å². The van der Waals surface area contributed by atoms with Crippen LogP contribution in [0.25, 0.3) is 0 Å². The second kappa shape index (κ2) is 8.49. The lowest BCUT2D eigenvalue weighted by atomic mass is 10.2. The first kappa shape index (κ1) is 19.3. The smallest absolute Gasteiger partial charge is 0.282 e. The minimum absolute atomic E-state index is 0.0790. The van der Waals surface area contributed by atoms with E-state index in [0.29, 0.717) is 58.7 Å². The summed E-state index contributed by atoms with van der Waals surface area (Å²) in [6, 6.07) is 0. The van der Waals surface area contributed by atoms with Crippen molar-refractivity contribution in [2.24, 2.45) is 0 Å². The fourth-order valence-electron chi connectivity index (χ4n) is 3.65. The molecule has 0 spiro atoms. The van der Waals surface area contributed by atoms with Gasteiger partial charge in [0, 0.05) is 64.6 Å². The highest BCUT2D eigenvalue weighted by molar-refractivity contribution is 7.86. The van der Waals surface area contributed by atoms with Crippen LogP contribution in [0.15, 0.2) is 12.4 Å². The maximum Gasteiger partial charge on any atom is 0.282 e. The van der Waals surface area contributed by atoms with Crippen molar-refractivity contribution in [3.05, 3.63) is 18.2 Å². The van der Waals surface area contributed by atoms with E-state index < -0.39 is 10.2 Å². The molecule has 0 N–H and O–H groups in total. The molecule has 0 saturated carbocycles. The number of amides is 1. The Hall–Kier alpha value is -1.45. The second-order valence-electron chi connectivity index (χ2n) is 7.02. The molecule has 0 atom stereocenters. The van der Waals surface area contributed by atoms with E-state index in [0.717, 1.165) is 25.1 Å². The first-order chi connectivity index (χ1) is 12.5. The Kier molecular flexibility index (Phi) is 6.31. The SMILES string of the molecule is Cc1nccn1CCC(=O)N1CCCN(S(=O)(=O)N2CCCCC2)CC1. The van der Waals surface area contributed by atoms with Gasteiger partial charge in [0.05, 0.1) is 0 Å². The third-order valence-corrected chi connectivity index (χ3v) is 7.30. The van der Waals surface area contributed by atoms with Gasteiger partial charge in [0.15, 0.2) is 0 Å². The summed E-state index contributed by atoms with van der Waals surface area (Å²) in [5, 5.41) is 0. The highest BCUT2D eigenvalue weighted by Crippen LogP contribution is 2.18. The van der Waals surface area contributed by atoms with Gasteiger partial charge >= 0.3 is 0 Å². The van der Waals surface area contributed by atoms with Gasteiger partial charge in [-0.1, -0.05) is 6.42 Å². The number of carbonyl (C=O) groups excluding carboxylic acids is 1. The van der Waals surface area contributed by atoms with Crippen molar-refractivity contribution < 1.29 is 13.2 Å². The first-order valence-corrected chi connectivity index (χ1v) is 10.9. The Morgan fingerprint density at radius 2 is 1.69 bits per heavy atom. The standard InChI is InChI=1S/C17H29N5O3S/c1-16-18-7-13-19(16)12-6-17(23)20-8-5-11-22(15-14-20)26(24,25)21-9-3-2-4-10-21/h7,13H,2-6,8-12,14-15H2,1H3. The minimum atomic E-state index is -3.39. The zero-order valence-electron chi connectivity index (χ0n) is 15.5. The monoisotopic (exact) mass is 383 g/mol. The Bertz CT molecular complexity index is 712. The highest BCUT2D eigenvalue weighted by atomic mass is 32.2. The minimum Gasteiger partial charge on any atom is -0.341 e. The van der Waals surface area contributed by atoms with Crippen LogP contribution in [-0.4, -0.2) is 76.7 Å². The molecule has 1 aromatic heterocycles. The van der Waals surface area contributed by atoms with E-state index in [1.807, 2.05) is 17.7 Å². The molecular formula is C17H29N5O3S. The Morgan fingerprint density at radius 3 is 2.38 bits per heavy atom. The zero-order chi connectivity index (χ0) is 18.6. The number of carbonyl (C=O) groups is 1. The normalized spacial score (nSPS) is 20.9. The lowest BCUT2D eigenvalue weighted by molar-refractivity contribution is -0.131. The van der Waals surface area contributed by atoms with E-state index in [4.69, 9.17) is 0 Å². The summed E-state index contributed by atoms with van der Waals surface area (Å²) in [5.41, 5.74) is 0. The lowest BCUT2D eigenvalue weighted by Crippen LogP contribution is -2.47. The van der Waals surface area contributed by atoms with Gasteiger partial charge in [0.25, 0.3) is 10.2 Å². The molecule has 0 unspecified atom stereocenters. The van der Waals surface area contributed by atoms with Gasteiger partial charge in [-0.3, -0.25) is 4.79 Å². The van der Waals surface area contributed by atoms with Crippen molar-refractivity contribution >= 4 is 16.1 Å². The second-order valence-corrected chi connectivity index (χ2v) is 8.95. The van der Waals surface area contributed by atoms with Crippen LogP contribution in [-0.2, 0) is 21.5 Å². The molecule has 8 nitrogen and oxygen atoms in total. The summed E-state index contributed by atoms with van der Waals surface area (Å²) < 4.78 is 30.8. The number of imidazole rings is 1. The summed E-state index contributed by atoms with van der Waals surface area (Å²) in [7, 11) is -3.39. The molecule has 2 fully saturated rings. The molecule has 3 rings (SSSR count). The molecule has 146 valence electrons. The maximum atomic E-state index is 12.8. The van der Waals surface area contributed by atoms with Gasteiger partial charge in [-0.15, -0.1) is 0 Å². The van der Waals surface area contributed by atoms with Crippen LogP contribution < -0.4 is 0 Å². The summed E-state index contributed by atoms with van der Waals surface area (Å²) in [5.74, 6) is 0.975. The third-order valence-electron chi connectivity index (χ3n) is 5.27. The fraction of sp³-hybridized carbons (Fsp3) is 0.765. The topological polar surface area (TPSA) is 78.8 Å². The predicted octanol–water partition coefficient (Wildman–Crippen LogP) is 0.847. The molecule has 2 aliphatic heterocycles. The maximum absolute atomic E-state index is 12.8. The molecule has 1 amide bonds. The average molecular weight is 384 g/mol. The molecule has 2 aliphatic rings. The van der Waals surface area contributed by atoms with Crippen molar-refractivity contribution in [2.45, 2.75) is 45.6 Å². The molecule has 0 aliphatic carbocycles. The third kappa shape index (κ3) is 4.44. The van der Waals surface area contributed by atoms with E-state index in [1.54, 1.807) is 19.7 Å². The summed E-state index contributed by atoms with van der Waals surface area (Å²) >= 11 is 0. The summed E-state index contributed by atoms with van der Waals surface area (Å²) in [6.07, 6.45) is 7.67. The molecule has 2 saturated heterocycles. The fourth-order valence-corrected chi connectivity index (χ4v) is 5.37. The molecule has 0 aromatic carbocycles. The van der Waals surface area contributed by atoms with Crippen LogP contribution in [0.5, 0.6) is 0 Å². The van der Waals surface area contributed by atoms with Crippen molar-refractivity contribution in [1.82, 2.24) is 23.1 Å². The van der Waals surface area contributed by atoms with Gasteiger partial charge in [-0.25, -0.2) is 4.98 Å². The number of aromatic nitrogens is 2. The van der Waals surface area contributed by atoms with Crippen molar-refractivity contribution in [3.63, 3.8) is 0 Å². The molecule has 0 radical (unpaired) electrons. The largest absolute Gasteiger partial charge is 0.341 e. The number of rotatable bonds is 5. The molecule has 1 aromatic rings. The predicted molar refractivity (Wildman–Crippen MR) is 98.7 cm³/mol. The van der Waals surface area contributed by atoms with E-state index >= 15 is 0 Å². The van der Waals surface area contributed by atoms with Crippen molar-refractivity contribution in [2.75, 3.05) is 39.3 Å². The Balaban J connectivity index is 1.54. The highest BCUT2D eigenvalue weighted by Gasteiger charge is 2.32. The first-order valence-electron chi connectivity index (χ1n) is 9.49. The van der Waals surface area contributed by atoms with E-state index in [-0.39, 0.29) is 5.91 Å². The molecule has 9 heteroatoms. The quantitative estimate of drug-likeness (QED) is 0.755. The van der Waals surface area contributed by atoms with Gasteiger partial charge in [-0.05, 0) is 26.2 Å². The van der Waals surface area contributed by atoms with E-state index in [1.165, 1.54) is 0 Å². The van der Waals surface area contributed by atoms with Crippen LogP contribution >= 0.6 is 0 Å². The molecule has 26 heavy (non-hydrogen) atoms. The Morgan fingerprint density at radius 1 is 1.00 bits per heavy atom. The number of nitrogens with zero attached hydrogens (tertiary/aromatic N) is 5. The van der Waals surface area contributed by atoms with Gasteiger partial charge in [-0.2, -0.15) is 17.0 Å². The average Bonchev–Trinajstić information content (AvgIpc) is 2.90. The molecule has 0 bridgehead atoms. The number of hydrogen-bond donors (Lipinski definition) is 0. The van der Waals surface area contributed by atoms with Gasteiger partial charge in [0.1, 0.15) is 5.82 Å². The Labute approximate surface area is 156 Å². The van der Waals surface area contributed by atoms with Crippen LogP contribution in [0.4, 0.5) is 0 Å². The van der Waals surface area contributed by atoms with Crippen LogP contribution in [0, 0.1) is 6.92 Å². The van der Waals surface area contributed by atoms with E-state index in [2.05, 4.69) is 4.98 Å². The lowest BCUT2D eigenvalue weighted by Gasteiger charge is -2.31. The number of hydrogen-bond acceptors (Lipinski definition) is 4. The van der Waals surface area contributed by atoms with Gasteiger partial charge < -0.3 is 9.47 Å². The number of piperidine rings is 1. The zero-order valence-corrected chi connectivity index (χ0v) is 16.3. The number of aryl methyl sites for hydroxylation is 2. The molecular weight excluding hydrogens is 354 g/mol. The van der Waals surface area contributed by atoms with Crippen LogP contribution in [0.1, 0.15) is 37.9 Å². The summed E-state index contributed by atoms with van der Waals surface area (Å²) in [6.45, 7) is 5.72.